The second-order valence-corrected chi connectivity index (χ2v) is 15.8. The first kappa shape index (κ1) is 32.3. The predicted molar refractivity (Wildman–Crippen MR) is 176 cm³/mol. The van der Waals surface area contributed by atoms with Gasteiger partial charge in [0.1, 0.15) is 11.4 Å². The van der Waals surface area contributed by atoms with Crippen LogP contribution >= 0.6 is 22.9 Å². The molecular formula is C32H37ClN4O5S2. The fraction of sp³-hybridized carbons (Fsp3) is 0.406. The highest BCUT2D eigenvalue weighted by molar-refractivity contribution is 7.90. The molecule has 12 heteroatoms. The van der Waals surface area contributed by atoms with Crippen LogP contribution in [0.5, 0.6) is 0 Å². The van der Waals surface area contributed by atoms with Gasteiger partial charge in [-0.1, -0.05) is 43.1 Å². The summed E-state index contributed by atoms with van der Waals surface area (Å²) in [6.07, 6.45) is 3.63. The summed E-state index contributed by atoms with van der Waals surface area (Å²) in [5, 5.41) is 14.3. The predicted octanol–water partition coefficient (Wildman–Crippen LogP) is 7.54. The van der Waals surface area contributed by atoms with E-state index in [-0.39, 0.29) is 16.5 Å². The highest BCUT2D eigenvalue weighted by atomic mass is 35.5. The summed E-state index contributed by atoms with van der Waals surface area (Å²) in [4.78, 5) is 22.3. The third-order valence-electron chi connectivity index (χ3n) is 7.26. The summed E-state index contributed by atoms with van der Waals surface area (Å²) in [6.45, 7) is 9.10. The minimum absolute atomic E-state index is 0.177. The summed E-state index contributed by atoms with van der Waals surface area (Å²) < 4.78 is 35.7. The van der Waals surface area contributed by atoms with Crippen LogP contribution in [0.3, 0.4) is 0 Å². The lowest BCUT2D eigenvalue weighted by atomic mass is 9.91. The molecule has 0 bridgehead atoms. The van der Waals surface area contributed by atoms with Crippen LogP contribution in [0.25, 0.3) is 21.3 Å². The van der Waals surface area contributed by atoms with E-state index in [1.165, 1.54) is 17.4 Å². The van der Waals surface area contributed by atoms with Crippen LogP contribution < -0.4 is 10.0 Å². The zero-order valence-electron chi connectivity index (χ0n) is 25.3. The first-order valence-corrected chi connectivity index (χ1v) is 17.3. The molecule has 5 rings (SSSR count). The molecule has 9 nitrogen and oxygen atoms in total. The van der Waals surface area contributed by atoms with Crippen molar-refractivity contribution >= 4 is 55.0 Å². The lowest BCUT2D eigenvalue weighted by Crippen LogP contribution is -2.32. The number of anilines is 1. The Morgan fingerprint density at radius 3 is 2.59 bits per heavy atom. The Balaban J connectivity index is 1.58. The third kappa shape index (κ3) is 7.40. The second kappa shape index (κ2) is 12.4. The Kier molecular flexibility index (Phi) is 9.08. The molecule has 3 N–H and O–H groups in total. The van der Waals surface area contributed by atoms with Gasteiger partial charge >= 0.3 is 6.09 Å². The number of carbonyl (C=O) groups excluding carboxylic acids is 1. The van der Waals surface area contributed by atoms with Crippen molar-refractivity contribution in [1.82, 2.24) is 14.7 Å². The second-order valence-electron chi connectivity index (χ2n) is 12.3. The average Bonchev–Trinajstić information content (AvgIpc) is 3.72. The number of halogens is 1. The first-order chi connectivity index (χ1) is 20.7. The molecular weight excluding hydrogens is 620 g/mol. The molecule has 0 saturated heterocycles. The van der Waals surface area contributed by atoms with E-state index in [4.69, 9.17) is 16.3 Å². The van der Waals surface area contributed by atoms with Crippen molar-refractivity contribution in [2.45, 2.75) is 82.8 Å². The van der Waals surface area contributed by atoms with Crippen LogP contribution in [-0.2, 0) is 20.4 Å². The summed E-state index contributed by atoms with van der Waals surface area (Å²) in [5.41, 5.74) is 0.889. The van der Waals surface area contributed by atoms with Crippen molar-refractivity contribution < 1.29 is 23.1 Å². The fourth-order valence-corrected chi connectivity index (χ4v) is 8.04. The van der Waals surface area contributed by atoms with Gasteiger partial charge in [0.05, 0.1) is 33.3 Å². The van der Waals surface area contributed by atoms with Crippen LogP contribution in [0.4, 0.5) is 10.6 Å². The highest BCUT2D eigenvalue weighted by Crippen LogP contribution is 2.41. The van der Waals surface area contributed by atoms with E-state index in [2.05, 4.69) is 20.0 Å². The maximum absolute atomic E-state index is 13.3. The SMILES string of the molecule is CCCC(C)(O)c1ccnc(-c2cccc3cc(C(NS(=O)(=O)C4CC4)c4nc(NC(=O)OC(C)(C)C)ccc4Cl)sc23)c1. The molecule has 3 aromatic heterocycles. The standard InChI is InChI=1S/C32H37ClN4O5S2/c1-6-15-32(5,39)20-14-16-34-24(18-20)22-9-7-8-19-17-25(43-29(19)22)28(37-44(40,41)21-10-11-21)27-23(33)12-13-26(35-27)36-30(38)42-31(2,3)4/h7-9,12-14,16-18,21,28,37,39H,6,10-11,15H2,1-5H3,(H,35,36,38). The van der Waals surface area contributed by atoms with E-state index < -0.39 is 38.6 Å². The van der Waals surface area contributed by atoms with Gasteiger partial charge in [0.25, 0.3) is 0 Å². The maximum Gasteiger partial charge on any atom is 0.413 e. The number of ether oxygens (including phenoxy) is 1. The number of carbonyl (C=O) groups is 1. The normalized spacial score (nSPS) is 16.0. The summed E-state index contributed by atoms with van der Waals surface area (Å²) >= 11 is 8.06. The number of fused-ring (bicyclic) bond motifs is 1. The maximum atomic E-state index is 13.3. The van der Waals surface area contributed by atoms with Crippen molar-refractivity contribution in [2.24, 2.45) is 0 Å². The highest BCUT2D eigenvalue weighted by Gasteiger charge is 2.39. The van der Waals surface area contributed by atoms with Gasteiger partial charge in [-0.3, -0.25) is 10.3 Å². The smallest absolute Gasteiger partial charge is 0.413 e. The topological polar surface area (TPSA) is 131 Å². The number of benzene rings is 1. The number of pyridine rings is 2. The summed E-state index contributed by atoms with van der Waals surface area (Å²) in [6, 6.07) is 13.7. The first-order valence-electron chi connectivity index (χ1n) is 14.6. The van der Waals surface area contributed by atoms with Crippen molar-refractivity contribution in [2.75, 3.05) is 5.32 Å². The van der Waals surface area contributed by atoms with E-state index in [9.17, 15) is 18.3 Å². The summed E-state index contributed by atoms with van der Waals surface area (Å²) in [7, 11) is -3.68. The Labute approximate surface area is 267 Å². The largest absolute Gasteiger partial charge is 0.444 e. The minimum Gasteiger partial charge on any atom is -0.444 e. The van der Waals surface area contributed by atoms with Crippen LogP contribution in [0, 0.1) is 0 Å². The number of nitrogens with zero attached hydrogens (tertiary/aromatic N) is 2. The molecule has 1 aliphatic carbocycles. The molecule has 1 amide bonds. The van der Waals surface area contributed by atoms with Gasteiger partial charge in [0.15, 0.2) is 0 Å². The van der Waals surface area contributed by atoms with Gasteiger partial charge in [-0.15, -0.1) is 11.3 Å². The molecule has 3 heterocycles. The van der Waals surface area contributed by atoms with E-state index in [0.717, 1.165) is 27.6 Å². The number of amides is 1. The van der Waals surface area contributed by atoms with E-state index in [1.807, 2.05) is 43.3 Å². The Bertz CT molecular complexity index is 1800. The van der Waals surface area contributed by atoms with Gasteiger partial charge in [0.2, 0.25) is 10.0 Å². The molecule has 2 unspecified atom stereocenters. The molecule has 234 valence electrons. The van der Waals surface area contributed by atoms with Crippen LogP contribution in [-0.4, -0.2) is 40.4 Å². The number of rotatable bonds is 10. The number of hydrogen-bond acceptors (Lipinski definition) is 8. The number of sulfonamides is 1. The number of hydrogen-bond donors (Lipinski definition) is 3. The lowest BCUT2D eigenvalue weighted by Gasteiger charge is -2.23. The minimum atomic E-state index is -3.68. The van der Waals surface area contributed by atoms with Gasteiger partial charge < -0.3 is 9.84 Å². The number of thiophene rings is 1. The fourth-order valence-electron chi connectivity index (χ4n) is 5.00. The average molecular weight is 657 g/mol. The van der Waals surface area contributed by atoms with E-state index in [1.54, 1.807) is 40.0 Å². The van der Waals surface area contributed by atoms with Gasteiger partial charge in [-0.25, -0.2) is 22.9 Å². The monoisotopic (exact) mass is 656 g/mol. The molecule has 44 heavy (non-hydrogen) atoms. The molecule has 1 fully saturated rings. The Morgan fingerprint density at radius 2 is 1.91 bits per heavy atom. The zero-order valence-corrected chi connectivity index (χ0v) is 27.7. The number of aliphatic hydroxyl groups is 1. The Hall–Kier alpha value is -3.09. The van der Waals surface area contributed by atoms with Crippen molar-refractivity contribution in [3.8, 4) is 11.3 Å². The number of nitrogens with one attached hydrogen (secondary N) is 2. The molecule has 1 aromatic carbocycles. The molecule has 0 spiro atoms. The molecule has 1 saturated carbocycles. The van der Waals surface area contributed by atoms with Gasteiger partial charge in [-0.05, 0) is 88.2 Å². The third-order valence-corrected chi connectivity index (χ3v) is 10.7. The zero-order chi connectivity index (χ0) is 31.9. The van der Waals surface area contributed by atoms with Crippen LogP contribution in [0.2, 0.25) is 5.02 Å². The lowest BCUT2D eigenvalue weighted by molar-refractivity contribution is 0.0469. The molecule has 4 aromatic rings. The van der Waals surface area contributed by atoms with Crippen molar-refractivity contribution in [1.29, 1.82) is 0 Å². The van der Waals surface area contributed by atoms with Crippen molar-refractivity contribution in [3.05, 3.63) is 75.9 Å². The number of aromatic nitrogens is 2. The van der Waals surface area contributed by atoms with Crippen LogP contribution in [0.15, 0.2) is 54.7 Å². The van der Waals surface area contributed by atoms with Crippen LogP contribution in [0.1, 0.15) is 82.5 Å². The molecule has 0 radical (unpaired) electrons. The quantitative estimate of drug-likeness (QED) is 0.161. The van der Waals surface area contributed by atoms with Crippen molar-refractivity contribution in [3.63, 3.8) is 0 Å². The molecule has 1 aliphatic rings. The van der Waals surface area contributed by atoms with E-state index >= 15 is 0 Å². The Morgan fingerprint density at radius 1 is 1.16 bits per heavy atom. The van der Waals surface area contributed by atoms with Gasteiger partial charge in [0, 0.05) is 21.3 Å². The molecule has 2 atom stereocenters. The van der Waals surface area contributed by atoms with E-state index in [0.29, 0.717) is 29.8 Å². The summed E-state index contributed by atoms with van der Waals surface area (Å²) in [5.74, 6) is 0.177. The molecule has 0 aliphatic heterocycles. The van der Waals surface area contributed by atoms with Gasteiger partial charge in [-0.2, -0.15) is 0 Å².